The highest BCUT2D eigenvalue weighted by Gasteiger charge is 2.27. The molecule has 1 amide bonds. The van der Waals surface area contributed by atoms with Gasteiger partial charge < -0.3 is 14.0 Å². The Hall–Kier alpha value is -3.13. The van der Waals surface area contributed by atoms with Gasteiger partial charge in [0, 0.05) is 30.8 Å². The minimum atomic E-state index is -3.54. The first-order valence-corrected chi connectivity index (χ1v) is 12.5. The Kier molecular flexibility index (Phi) is 6.56. The van der Waals surface area contributed by atoms with E-state index in [2.05, 4.69) is 10.9 Å². The largest absolute Gasteiger partial charge is 0.493 e. The summed E-state index contributed by atoms with van der Waals surface area (Å²) in [5.74, 6) is 3.20. The predicted molar refractivity (Wildman–Crippen MR) is 126 cm³/mol. The molecule has 8 nitrogen and oxygen atoms in total. The molecule has 0 radical (unpaired) electrons. The Bertz CT molecular complexity index is 1410. The average molecular weight is 486 g/mol. The minimum Gasteiger partial charge on any atom is -0.493 e. The fraction of sp³-hybridized carbons (Fsp3) is 0.304. The number of rotatable bonds is 6. The van der Waals surface area contributed by atoms with Crippen molar-refractivity contribution in [2.75, 3.05) is 27.3 Å². The monoisotopic (exact) mass is 485 g/mol. The smallest absolute Gasteiger partial charge is 0.279 e. The number of amides is 1. The lowest BCUT2D eigenvalue weighted by molar-refractivity contribution is 0.0998. The summed E-state index contributed by atoms with van der Waals surface area (Å²) in [6.45, 7) is 1.26. The van der Waals surface area contributed by atoms with Crippen LogP contribution in [0.2, 0.25) is 0 Å². The molecule has 1 aromatic heterocycles. The van der Waals surface area contributed by atoms with E-state index in [4.69, 9.17) is 15.9 Å². The van der Waals surface area contributed by atoms with Crippen molar-refractivity contribution in [2.45, 2.75) is 24.3 Å². The van der Waals surface area contributed by atoms with E-state index >= 15 is 0 Å². The maximum Gasteiger partial charge on any atom is 0.279 e. The number of sulfonamides is 1. The molecular weight excluding hydrogens is 462 g/mol. The fourth-order valence-electron chi connectivity index (χ4n) is 3.72. The highest BCUT2D eigenvalue weighted by molar-refractivity contribution is 7.89. The normalized spacial score (nSPS) is 15.0. The number of methoxy groups -OCH3 is 2. The van der Waals surface area contributed by atoms with Crippen LogP contribution in [0.1, 0.15) is 23.2 Å². The molecular formula is C23H23N3O5S2. The Balaban J connectivity index is 1.71. The molecule has 33 heavy (non-hydrogen) atoms. The van der Waals surface area contributed by atoms with Crippen molar-refractivity contribution in [1.29, 1.82) is 0 Å². The highest BCUT2D eigenvalue weighted by atomic mass is 32.2. The number of carbonyl (C=O) groups is 1. The number of hydrogen-bond acceptors (Lipinski definition) is 6. The molecule has 3 aromatic rings. The molecule has 0 N–H and O–H groups in total. The lowest BCUT2D eigenvalue weighted by Crippen LogP contribution is -2.27. The van der Waals surface area contributed by atoms with Crippen molar-refractivity contribution in [3.63, 3.8) is 0 Å². The Morgan fingerprint density at radius 1 is 1.12 bits per heavy atom. The standard InChI is InChI=1S/C23H23N3O5S2/c1-4-11-26-18-14-19(30-2)20(31-3)15-21(18)32-23(26)24-22(27)16-7-9-17(10-8-16)33(28,29)25-12-5-6-13-25/h1,7-10,14-15H,5-6,11-13H2,2-3H3. The fourth-order valence-corrected chi connectivity index (χ4v) is 6.28. The SMILES string of the molecule is C#CCn1c(=NC(=O)c2ccc(S(=O)(=O)N3CCCC3)cc2)sc2cc(OC)c(OC)cc21. The molecule has 2 aromatic carbocycles. The van der Waals surface area contributed by atoms with Crippen LogP contribution in [0.3, 0.4) is 0 Å². The van der Waals surface area contributed by atoms with Gasteiger partial charge in [0.25, 0.3) is 5.91 Å². The molecule has 1 aliphatic heterocycles. The second kappa shape index (κ2) is 9.39. The van der Waals surface area contributed by atoms with Gasteiger partial charge in [-0.3, -0.25) is 4.79 Å². The summed E-state index contributed by atoms with van der Waals surface area (Å²) < 4.78 is 40.2. The number of thiazole rings is 1. The van der Waals surface area contributed by atoms with Crippen molar-refractivity contribution in [2.24, 2.45) is 4.99 Å². The van der Waals surface area contributed by atoms with E-state index in [1.165, 1.54) is 39.9 Å². The number of carbonyl (C=O) groups excluding carboxylic acids is 1. The lowest BCUT2D eigenvalue weighted by Gasteiger charge is -2.15. The van der Waals surface area contributed by atoms with Crippen molar-refractivity contribution in [1.82, 2.24) is 8.87 Å². The van der Waals surface area contributed by atoms with E-state index in [0.29, 0.717) is 29.4 Å². The molecule has 0 bridgehead atoms. The number of aromatic nitrogens is 1. The first-order valence-electron chi connectivity index (χ1n) is 10.3. The van der Waals surface area contributed by atoms with Crippen molar-refractivity contribution >= 4 is 37.5 Å². The van der Waals surface area contributed by atoms with Crippen LogP contribution in [0.4, 0.5) is 0 Å². The van der Waals surface area contributed by atoms with Crippen molar-refractivity contribution in [3.8, 4) is 23.8 Å². The summed E-state index contributed by atoms with van der Waals surface area (Å²) in [7, 11) is -0.445. The van der Waals surface area contributed by atoms with Gasteiger partial charge >= 0.3 is 0 Å². The van der Waals surface area contributed by atoms with E-state index in [0.717, 1.165) is 23.1 Å². The highest BCUT2D eigenvalue weighted by Crippen LogP contribution is 2.33. The van der Waals surface area contributed by atoms with Gasteiger partial charge in [-0.05, 0) is 37.1 Å². The average Bonchev–Trinajstić information content (AvgIpc) is 3.48. The minimum absolute atomic E-state index is 0.171. The van der Waals surface area contributed by atoms with Crippen molar-refractivity contribution in [3.05, 3.63) is 46.8 Å². The van der Waals surface area contributed by atoms with Gasteiger partial charge in [-0.2, -0.15) is 9.30 Å². The number of nitrogens with zero attached hydrogens (tertiary/aromatic N) is 3. The molecule has 1 fully saturated rings. The van der Waals surface area contributed by atoms with E-state index in [-0.39, 0.29) is 17.0 Å². The summed E-state index contributed by atoms with van der Waals surface area (Å²) in [6, 6.07) is 9.48. The van der Waals surface area contributed by atoms with Crippen LogP contribution in [-0.2, 0) is 16.6 Å². The van der Waals surface area contributed by atoms with Crippen LogP contribution in [0.5, 0.6) is 11.5 Å². The molecule has 0 unspecified atom stereocenters. The zero-order valence-electron chi connectivity index (χ0n) is 18.3. The maximum absolute atomic E-state index is 12.9. The summed E-state index contributed by atoms with van der Waals surface area (Å²) in [6.07, 6.45) is 7.27. The first-order chi connectivity index (χ1) is 15.9. The Labute approximate surface area is 196 Å². The molecule has 172 valence electrons. The number of ether oxygens (including phenoxy) is 2. The summed E-state index contributed by atoms with van der Waals surface area (Å²) in [4.78, 5) is 17.7. The second-order valence-electron chi connectivity index (χ2n) is 7.40. The van der Waals surface area contributed by atoms with Gasteiger partial charge in [0.15, 0.2) is 16.3 Å². The van der Waals surface area contributed by atoms with Crippen LogP contribution in [0.15, 0.2) is 46.3 Å². The van der Waals surface area contributed by atoms with Gasteiger partial charge in [-0.1, -0.05) is 17.3 Å². The third kappa shape index (κ3) is 4.39. The molecule has 1 saturated heterocycles. The van der Waals surface area contributed by atoms with Gasteiger partial charge in [0.1, 0.15) is 0 Å². The third-order valence-electron chi connectivity index (χ3n) is 5.44. The van der Waals surface area contributed by atoms with Crippen molar-refractivity contribution < 1.29 is 22.7 Å². The van der Waals surface area contributed by atoms with E-state index in [1.807, 2.05) is 6.07 Å². The van der Waals surface area contributed by atoms with E-state index < -0.39 is 15.9 Å². The van der Waals surface area contributed by atoms with Gasteiger partial charge in [0.2, 0.25) is 10.0 Å². The van der Waals surface area contributed by atoms with Crippen LogP contribution in [0.25, 0.3) is 10.2 Å². The van der Waals surface area contributed by atoms with E-state index in [9.17, 15) is 13.2 Å². The molecule has 0 atom stereocenters. The molecule has 0 saturated carbocycles. The number of hydrogen-bond donors (Lipinski definition) is 0. The number of terminal acetylenes is 1. The lowest BCUT2D eigenvalue weighted by atomic mass is 10.2. The topological polar surface area (TPSA) is 90.2 Å². The Morgan fingerprint density at radius 2 is 1.76 bits per heavy atom. The molecule has 10 heteroatoms. The number of benzene rings is 2. The quantitative estimate of drug-likeness (QED) is 0.501. The Morgan fingerprint density at radius 3 is 2.36 bits per heavy atom. The first kappa shape index (κ1) is 23.0. The number of fused-ring (bicyclic) bond motifs is 1. The van der Waals surface area contributed by atoms with Crippen LogP contribution in [0, 0.1) is 12.3 Å². The van der Waals surface area contributed by atoms with Crippen LogP contribution in [-0.4, -0.2) is 50.5 Å². The van der Waals surface area contributed by atoms with E-state index in [1.54, 1.807) is 24.9 Å². The molecule has 4 rings (SSSR count). The maximum atomic E-state index is 12.9. The third-order valence-corrected chi connectivity index (χ3v) is 8.39. The van der Waals surface area contributed by atoms with Gasteiger partial charge in [-0.25, -0.2) is 8.42 Å². The molecule has 1 aliphatic rings. The van der Waals surface area contributed by atoms with Gasteiger partial charge in [0.05, 0.1) is 35.9 Å². The van der Waals surface area contributed by atoms with Gasteiger partial charge in [-0.15, -0.1) is 6.42 Å². The molecule has 0 aliphatic carbocycles. The summed E-state index contributed by atoms with van der Waals surface area (Å²) in [5, 5.41) is 0. The summed E-state index contributed by atoms with van der Waals surface area (Å²) >= 11 is 1.30. The molecule has 2 heterocycles. The van der Waals surface area contributed by atoms with Crippen LogP contribution < -0.4 is 14.3 Å². The molecule has 0 spiro atoms. The zero-order chi connectivity index (χ0) is 23.6. The predicted octanol–water partition coefficient (Wildman–Crippen LogP) is 2.88. The second-order valence-corrected chi connectivity index (χ2v) is 10.3. The van der Waals surface area contributed by atoms with Crippen LogP contribution >= 0.6 is 11.3 Å². The zero-order valence-corrected chi connectivity index (χ0v) is 19.9. The summed E-state index contributed by atoms with van der Waals surface area (Å²) in [5.41, 5.74) is 1.06.